The molecule has 0 saturated heterocycles. The molecule has 0 bridgehead atoms. The fourth-order valence-corrected chi connectivity index (χ4v) is 1.64. The van der Waals surface area contributed by atoms with Crippen LogP contribution in [-0.4, -0.2) is 21.3 Å². The van der Waals surface area contributed by atoms with Gasteiger partial charge in [-0.1, -0.05) is 12.1 Å². The SMILES string of the molecule is Cc1ccc(C)c(-c2nnco2)c1C(=O)O. The molecule has 0 aliphatic heterocycles. The van der Waals surface area contributed by atoms with Crippen LogP contribution in [-0.2, 0) is 0 Å². The Bertz CT molecular complexity index is 532. The van der Waals surface area contributed by atoms with Gasteiger partial charge in [0.05, 0.1) is 11.1 Å². The normalized spacial score (nSPS) is 10.4. The Morgan fingerprint density at radius 3 is 2.56 bits per heavy atom. The maximum atomic E-state index is 11.2. The van der Waals surface area contributed by atoms with Gasteiger partial charge in [0, 0.05) is 0 Å². The Hall–Kier alpha value is -2.17. The van der Waals surface area contributed by atoms with Crippen molar-refractivity contribution in [3.05, 3.63) is 35.2 Å². The topological polar surface area (TPSA) is 76.2 Å². The predicted molar refractivity (Wildman–Crippen MR) is 56.2 cm³/mol. The molecule has 0 aliphatic carbocycles. The van der Waals surface area contributed by atoms with E-state index in [2.05, 4.69) is 10.2 Å². The molecule has 1 aromatic carbocycles. The van der Waals surface area contributed by atoms with E-state index < -0.39 is 5.97 Å². The molecule has 0 unspecified atom stereocenters. The number of carbonyl (C=O) groups is 1. The molecule has 5 nitrogen and oxygen atoms in total. The fraction of sp³-hybridized carbons (Fsp3) is 0.182. The quantitative estimate of drug-likeness (QED) is 0.834. The van der Waals surface area contributed by atoms with Gasteiger partial charge < -0.3 is 9.52 Å². The summed E-state index contributed by atoms with van der Waals surface area (Å²) in [7, 11) is 0. The zero-order valence-electron chi connectivity index (χ0n) is 8.89. The van der Waals surface area contributed by atoms with Crippen LogP contribution >= 0.6 is 0 Å². The summed E-state index contributed by atoms with van der Waals surface area (Å²) < 4.78 is 5.06. The van der Waals surface area contributed by atoms with Crippen molar-refractivity contribution in [2.24, 2.45) is 0 Å². The van der Waals surface area contributed by atoms with Crippen molar-refractivity contribution in [1.29, 1.82) is 0 Å². The molecule has 0 spiro atoms. The number of aryl methyl sites for hydroxylation is 2. The maximum Gasteiger partial charge on any atom is 0.336 e. The number of aromatic carboxylic acids is 1. The minimum absolute atomic E-state index is 0.212. The lowest BCUT2D eigenvalue weighted by Gasteiger charge is -2.08. The minimum Gasteiger partial charge on any atom is -0.478 e. The van der Waals surface area contributed by atoms with Gasteiger partial charge in [0.1, 0.15) is 0 Å². The Kier molecular flexibility index (Phi) is 2.44. The molecule has 0 amide bonds. The molecule has 5 heteroatoms. The summed E-state index contributed by atoms with van der Waals surface area (Å²) in [6.45, 7) is 3.55. The molecule has 16 heavy (non-hydrogen) atoms. The first-order chi connectivity index (χ1) is 7.61. The number of benzene rings is 1. The average Bonchev–Trinajstić information content (AvgIpc) is 2.73. The van der Waals surface area contributed by atoms with Gasteiger partial charge in [-0.05, 0) is 25.0 Å². The van der Waals surface area contributed by atoms with Crippen molar-refractivity contribution in [1.82, 2.24) is 10.2 Å². The monoisotopic (exact) mass is 218 g/mol. The van der Waals surface area contributed by atoms with Crippen molar-refractivity contribution < 1.29 is 14.3 Å². The van der Waals surface area contributed by atoms with Crippen LogP contribution in [0.5, 0.6) is 0 Å². The third kappa shape index (κ3) is 1.56. The van der Waals surface area contributed by atoms with Crippen molar-refractivity contribution in [3.63, 3.8) is 0 Å². The van der Waals surface area contributed by atoms with Gasteiger partial charge in [0.25, 0.3) is 0 Å². The van der Waals surface area contributed by atoms with Crippen LogP contribution in [0.2, 0.25) is 0 Å². The number of carboxylic acids is 1. The first-order valence-electron chi connectivity index (χ1n) is 4.71. The van der Waals surface area contributed by atoms with E-state index in [1.165, 1.54) is 6.39 Å². The van der Waals surface area contributed by atoms with Crippen LogP contribution in [0.4, 0.5) is 0 Å². The van der Waals surface area contributed by atoms with E-state index >= 15 is 0 Å². The largest absolute Gasteiger partial charge is 0.478 e. The van der Waals surface area contributed by atoms with Crippen LogP contribution in [0, 0.1) is 13.8 Å². The van der Waals surface area contributed by atoms with Crippen LogP contribution in [0.1, 0.15) is 21.5 Å². The predicted octanol–water partition coefficient (Wildman–Crippen LogP) is 2.05. The zero-order valence-corrected chi connectivity index (χ0v) is 8.89. The Morgan fingerprint density at radius 2 is 2.00 bits per heavy atom. The maximum absolute atomic E-state index is 11.2. The fourth-order valence-electron chi connectivity index (χ4n) is 1.64. The molecule has 0 aliphatic rings. The Labute approximate surface area is 91.7 Å². The van der Waals surface area contributed by atoms with E-state index in [1.54, 1.807) is 13.0 Å². The van der Waals surface area contributed by atoms with Gasteiger partial charge in [0.15, 0.2) is 0 Å². The summed E-state index contributed by atoms with van der Waals surface area (Å²) in [5, 5.41) is 16.5. The second-order valence-corrected chi connectivity index (χ2v) is 3.50. The molecule has 1 N–H and O–H groups in total. The van der Waals surface area contributed by atoms with E-state index in [0.29, 0.717) is 11.1 Å². The summed E-state index contributed by atoms with van der Waals surface area (Å²) in [4.78, 5) is 11.2. The first-order valence-corrected chi connectivity index (χ1v) is 4.71. The molecule has 2 rings (SSSR count). The summed E-state index contributed by atoms with van der Waals surface area (Å²) in [6, 6.07) is 3.60. The summed E-state index contributed by atoms with van der Waals surface area (Å²) in [6.07, 6.45) is 1.18. The summed E-state index contributed by atoms with van der Waals surface area (Å²) in [5.41, 5.74) is 2.17. The lowest BCUT2D eigenvalue weighted by molar-refractivity contribution is 0.0696. The second-order valence-electron chi connectivity index (χ2n) is 3.50. The van der Waals surface area contributed by atoms with Crippen LogP contribution < -0.4 is 0 Å². The molecular formula is C11H10N2O3. The third-order valence-electron chi connectivity index (χ3n) is 2.41. The van der Waals surface area contributed by atoms with E-state index in [-0.39, 0.29) is 11.5 Å². The number of nitrogens with zero attached hydrogens (tertiary/aromatic N) is 2. The van der Waals surface area contributed by atoms with Gasteiger partial charge in [-0.25, -0.2) is 4.79 Å². The molecule has 0 radical (unpaired) electrons. The number of hydrogen-bond donors (Lipinski definition) is 1. The lowest BCUT2D eigenvalue weighted by Crippen LogP contribution is -2.04. The number of aromatic nitrogens is 2. The van der Waals surface area contributed by atoms with Gasteiger partial charge in [-0.15, -0.1) is 10.2 Å². The van der Waals surface area contributed by atoms with Gasteiger partial charge >= 0.3 is 5.97 Å². The summed E-state index contributed by atoms with van der Waals surface area (Å²) >= 11 is 0. The average molecular weight is 218 g/mol. The van der Waals surface area contributed by atoms with E-state index in [0.717, 1.165) is 5.56 Å². The zero-order chi connectivity index (χ0) is 11.7. The highest BCUT2D eigenvalue weighted by molar-refractivity contribution is 5.97. The number of carboxylic acid groups (broad SMARTS) is 1. The Morgan fingerprint density at radius 1 is 1.31 bits per heavy atom. The standard InChI is InChI=1S/C11H10N2O3/c1-6-3-4-7(2)9(11(14)15)8(6)10-13-12-5-16-10/h3-5H,1-2H3,(H,14,15). The molecule has 2 aromatic rings. The van der Waals surface area contributed by atoms with Crippen molar-refractivity contribution in [3.8, 4) is 11.5 Å². The van der Waals surface area contributed by atoms with Crippen molar-refractivity contribution >= 4 is 5.97 Å². The van der Waals surface area contributed by atoms with E-state index in [9.17, 15) is 9.90 Å². The first kappa shape index (κ1) is 10.4. The molecule has 0 fully saturated rings. The number of rotatable bonds is 2. The van der Waals surface area contributed by atoms with Gasteiger partial charge in [-0.3, -0.25) is 0 Å². The van der Waals surface area contributed by atoms with E-state index in [4.69, 9.17) is 4.42 Å². The van der Waals surface area contributed by atoms with Gasteiger partial charge in [0.2, 0.25) is 12.3 Å². The van der Waals surface area contributed by atoms with Crippen LogP contribution in [0.3, 0.4) is 0 Å². The summed E-state index contributed by atoms with van der Waals surface area (Å²) in [5.74, 6) is -0.756. The van der Waals surface area contributed by atoms with Gasteiger partial charge in [-0.2, -0.15) is 0 Å². The second kappa shape index (κ2) is 3.77. The Balaban J connectivity index is 2.76. The minimum atomic E-state index is -0.991. The molecule has 0 saturated carbocycles. The highest BCUT2D eigenvalue weighted by Crippen LogP contribution is 2.28. The molecule has 1 heterocycles. The van der Waals surface area contributed by atoms with Crippen LogP contribution in [0.25, 0.3) is 11.5 Å². The third-order valence-corrected chi connectivity index (χ3v) is 2.41. The molecular weight excluding hydrogens is 208 g/mol. The van der Waals surface area contributed by atoms with Crippen molar-refractivity contribution in [2.45, 2.75) is 13.8 Å². The molecule has 1 aromatic heterocycles. The van der Waals surface area contributed by atoms with Crippen molar-refractivity contribution in [2.75, 3.05) is 0 Å². The molecule has 0 atom stereocenters. The number of hydrogen-bond acceptors (Lipinski definition) is 4. The lowest BCUT2D eigenvalue weighted by atomic mass is 9.97. The molecule has 82 valence electrons. The van der Waals surface area contributed by atoms with Crippen LogP contribution in [0.15, 0.2) is 22.9 Å². The smallest absolute Gasteiger partial charge is 0.336 e. The highest BCUT2D eigenvalue weighted by atomic mass is 16.4. The highest BCUT2D eigenvalue weighted by Gasteiger charge is 2.20. The van der Waals surface area contributed by atoms with E-state index in [1.807, 2.05) is 13.0 Å².